The van der Waals surface area contributed by atoms with Gasteiger partial charge in [0.15, 0.2) is 5.16 Å². The maximum atomic E-state index is 12.3. The Morgan fingerprint density at radius 1 is 1.20 bits per heavy atom. The molecule has 1 amide bonds. The number of aryl methyl sites for hydroxylation is 1. The first kappa shape index (κ1) is 17.9. The highest BCUT2D eigenvalue weighted by atomic mass is 32.2. The van der Waals surface area contributed by atoms with Gasteiger partial charge in [-0.2, -0.15) is 0 Å². The summed E-state index contributed by atoms with van der Waals surface area (Å²) in [5, 5.41) is 3.84. The highest BCUT2D eigenvalue weighted by Gasteiger charge is 2.22. The standard InChI is InChI=1S/C20H25N3OS/c1-14-8-6-7-11-17(14)22-19(24)13-25-20-21-15(2)12-18(23-20)16-9-4-3-5-10-16/h3-5,9-10,12,14,17H,6-8,11,13H2,1-2H3,(H,22,24). The van der Waals surface area contributed by atoms with Crippen molar-refractivity contribution in [2.45, 2.75) is 50.7 Å². The summed E-state index contributed by atoms with van der Waals surface area (Å²) in [5.41, 5.74) is 2.88. The van der Waals surface area contributed by atoms with Crippen LogP contribution in [0.25, 0.3) is 11.3 Å². The maximum absolute atomic E-state index is 12.3. The van der Waals surface area contributed by atoms with E-state index < -0.39 is 0 Å². The first-order chi connectivity index (χ1) is 12.1. The minimum atomic E-state index is 0.0788. The summed E-state index contributed by atoms with van der Waals surface area (Å²) in [6.07, 6.45) is 4.79. The van der Waals surface area contributed by atoms with Crippen LogP contribution in [0, 0.1) is 12.8 Å². The predicted octanol–water partition coefficient (Wildman–Crippen LogP) is 4.24. The molecule has 1 aliphatic carbocycles. The molecule has 1 aliphatic rings. The molecular formula is C20H25N3OS. The lowest BCUT2D eigenvalue weighted by Crippen LogP contribution is -2.41. The largest absolute Gasteiger partial charge is 0.352 e. The molecule has 4 nitrogen and oxygen atoms in total. The van der Waals surface area contributed by atoms with E-state index in [4.69, 9.17) is 0 Å². The third-order valence-corrected chi connectivity index (χ3v) is 5.54. The fraction of sp³-hybridized carbons (Fsp3) is 0.450. The molecule has 1 N–H and O–H groups in total. The summed E-state index contributed by atoms with van der Waals surface area (Å²) in [6, 6.07) is 12.4. The first-order valence-electron chi connectivity index (χ1n) is 8.95. The molecule has 1 aromatic heterocycles. The predicted molar refractivity (Wildman–Crippen MR) is 102 cm³/mol. The van der Waals surface area contributed by atoms with E-state index in [0.29, 0.717) is 22.9 Å². The summed E-state index contributed by atoms with van der Waals surface area (Å²) in [7, 11) is 0. The maximum Gasteiger partial charge on any atom is 0.230 e. The Kier molecular flexibility index (Phi) is 6.08. The van der Waals surface area contributed by atoms with Crippen molar-refractivity contribution >= 4 is 17.7 Å². The minimum Gasteiger partial charge on any atom is -0.352 e. The second-order valence-electron chi connectivity index (χ2n) is 6.77. The molecule has 2 atom stereocenters. The number of nitrogens with zero attached hydrogens (tertiary/aromatic N) is 2. The number of rotatable bonds is 5. The van der Waals surface area contributed by atoms with Crippen LogP contribution in [0.15, 0.2) is 41.6 Å². The van der Waals surface area contributed by atoms with E-state index in [0.717, 1.165) is 23.4 Å². The molecule has 132 valence electrons. The van der Waals surface area contributed by atoms with E-state index in [-0.39, 0.29) is 5.91 Å². The number of nitrogens with one attached hydrogen (secondary N) is 1. The van der Waals surface area contributed by atoms with E-state index >= 15 is 0 Å². The molecular weight excluding hydrogens is 330 g/mol. The lowest BCUT2D eigenvalue weighted by Gasteiger charge is -2.29. The van der Waals surface area contributed by atoms with Crippen molar-refractivity contribution in [1.82, 2.24) is 15.3 Å². The molecule has 3 rings (SSSR count). The minimum absolute atomic E-state index is 0.0788. The number of hydrogen-bond acceptors (Lipinski definition) is 4. The molecule has 25 heavy (non-hydrogen) atoms. The van der Waals surface area contributed by atoms with Crippen LogP contribution >= 0.6 is 11.8 Å². The van der Waals surface area contributed by atoms with Gasteiger partial charge in [-0.1, -0.05) is 61.9 Å². The molecule has 1 heterocycles. The number of benzene rings is 1. The molecule has 0 saturated heterocycles. The van der Waals surface area contributed by atoms with Crippen molar-refractivity contribution in [3.63, 3.8) is 0 Å². The van der Waals surface area contributed by atoms with Crippen LogP contribution in [-0.2, 0) is 4.79 Å². The first-order valence-corrected chi connectivity index (χ1v) is 9.93. The van der Waals surface area contributed by atoms with Gasteiger partial charge in [0, 0.05) is 17.3 Å². The Hall–Kier alpha value is -1.88. The molecule has 2 unspecified atom stereocenters. The number of aromatic nitrogens is 2. The van der Waals surface area contributed by atoms with Crippen LogP contribution in [0.1, 0.15) is 38.3 Å². The van der Waals surface area contributed by atoms with Crippen molar-refractivity contribution < 1.29 is 4.79 Å². The average Bonchev–Trinajstić information content (AvgIpc) is 2.62. The van der Waals surface area contributed by atoms with Gasteiger partial charge in [0.2, 0.25) is 5.91 Å². The van der Waals surface area contributed by atoms with Crippen LogP contribution in [0.5, 0.6) is 0 Å². The molecule has 0 radical (unpaired) electrons. The molecule has 1 saturated carbocycles. The normalized spacial score (nSPS) is 20.2. The SMILES string of the molecule is Cc1cc(-c2ccccc2)nc(SCC(=O)NC2CCCCC2C)n1. The van der Waals surface area contributed by atoms with Gasteiger partial charge in [-0.15, -0.1) is 0 Å². The molecule has 0 aliphatic heterocycles. The molecule has 1 fully saturated rings. The Morgan fingerprint density at radius 3 is 2.72 bits per heavy atom. The number of thioether (sulfide) groups is 1. The Balaban J connectivity index is 1.61. The van der Waals surface area contributed by atoms with Crippen LogP contribution in [0.4, 0.5) is 0 Å². The number of amides is 1. The van der Waals surface area contributed by atoms with E-state index in [2.05, 4.69) is 22.2 Å². The zero-order valence-corrected chi connectivity index (χ0v) is 15.7. The summed E-state index contributed by atoms with van der Waals surface area (Å²) < 4.78 is 0. The van der Waals surface area contributed by atoms with E-state index in [1.54, 1.807) is 0 Å². The van der Waals surface area contributed by atoms with E-state index in [9.17, 15) is 4.79 Å². The lowest BCUT2D eigenvalue weighted by molar-refractivity contribution is -0.119. The van der Waals surface area contributed by atoms with Gasteiger partial charge in [-0.3, -0.25) is 4.79 Å². The number of hydrogen-bond donors (Lipinski definition) is 1. The highest BCUT2D eigenvalue weighted by Crippen LogP contribution is 2.24. The van der Waals surface area contributed by atoms with Gasteiger partial charge >= 0.3 is 0 Å². The van der Waals surface area contributed by atoms with Crippen molar-refractivity contribution in [2.24, 2.45) is 5.92 Å². The number of carbonyl (C=O) groups excluding carboxylic acids is 1. The number of carbonyl (C=O) groups is 1. The molecule has 5 heteroatoms. The third kappa shape index (κ3) is 5.05. The van der Waals surface area contributed by atoms with Crippen LogP contribution < -0.4 is 5.32 Å². The zero-order valence-electron chi connectivity index (χ0n) is 14.9. The van der Waals surface area contributed by atoms with Gasteiger partial charge < -0.3 is 5.32 Å². The van der Waals surface area contributed by atoms with Crippen LogP contribution in [0.2, 0.25) is 0 Å². The van der Waals surface area contributed by atoms with Gasteiger partial charge in [0.25, 0.3) is 0 Å². The molecule has 1 aromatic carbocycles. The third-order valence-electron chi connectivity index (χ3n) is 4.69. The zero-order chi connectivity index (χ0) is 17.6. The smallest absolute Gasteiger partial charge is 0.230 e. The van der Waals surface area contributed by atoms with Gasteiger partial charge in [-0.25, -0.2) is 9.97 Å². The average molecular weight is 356 g/mol. The van der Waals surface area contributed by atoms with E-state index in [1.807, 2.05) is 43.3 Å². The summed E-state index contributed by atoms with van der Waals surface area (Å²) in [5.74, 6) is 1.01. The van der Waals surface area contributed by atoms with Gasteiger partial charge in [-0.05, 0) is 31.7 Å². The molecule has 0 spiro atoms. The second-order valence-corrected chi connectivity index (χ2v) is 7.71. The summed E-state index contributed by atoms with van der Waals surface area (Å²) >= 11 is 1.41. The quantitative estimate of drug-likeness (QED) is 0.644. The summed E-state index contributed by atoms with van der Waals surface area (Å²) in [4.78, 5) is 21.4. The Morgan fingerprint density at radius 2 is 1.96 bits per heavy atom. The lowest BCUT2D eigenvalue weighted by atomic mass is 9.86. The fourth-order valence-electron chi connectivity index (χ4n) is 3.27. The Labute approximate surface area is 153 Å². The molecule has 0 bridgehead atoms. The topological polar surface area (TPSA) is 54.9 Å². The Bertz CT molecular complexity index is 720. The second kappa shape index (κ2) is 8.48. The van der Waals surface area contributed by atoms with Gasteiger partial charge in [0.1, 0.15) is 0 Å². The summed E-state index contributed by atoms with van der Waals surface area (Å²) in [6.45, 7) is 4.19. The van der Waals surface area contributed by atoms with Crippen molar-refractivity contribution in [3.8, 4) is 11.3 Å². The monoisotopic (exact) mass is 355 g/mol. The highest BCUT2D eigenvalue weighted by molar-refractivity contribution is 7.99. The van der Waals surface area contributed by atoms with Crippen molar-refractivity contribution in [2.75, 3.05) is 5.75 Å². The van der Waals surface area contributed by atoms with Crippen molar-refractivity contribution in [1.29, 1.82) is 0 Å². The fourth-order valence-corrected chi connectivity index (χ4v) is 3.99. The molecule has 2 aromatic rings. The van der Waals surface area contributed by atoms with E-state index in [1.165, 1.54) is 31.0 Å². The van der Waals surface area contributed by atoms with Gasteiger partial charge in [0.05, 0.1) is 11.4 Å². The van der Waals surface area contributed by atoms with Crippen LogP contribution in [0.3, 0.4) is 0 Å². The van der Waals surface area contributed by atoms with Crippen molar-refractivity contribution in [3.05, 3.63) is 42.1 Å². The van der Waals surface area contributed by atoms with Crippen LogP contribution in [-0.4, -0.2) is 27.7 Å².